The maximum atomic E-state index is 5.90. The standard InChI is InChI=1S/C20H19BrN4O/c1-20(26-2)24-15-10-9-14(21)13-18(15)25(20)19(16-7-3-5-11-22-16)17-8-4-6-12-23-17/h3-13,19,24H,1-2H3. The third kappa shape index (κ3) is 2.85. The molecule has 1 atom stereocenters. The fourth-order valence-corrected chi connectivity index (χ4v) is 3.73. The maximum Gasteiger partial charge on any atom is 0.216 e. The van der Waals surface area contributed by atoms with Crippen molar-refractivity contribution < 1.29 is 4.74 Å². The molecule has 0 bridgehead atoms. The predicted molar refractivity (Wildman–Crippen MR) is 106 cm³/mol. The number of hydrogen-bond donors (Lipinski definition) is 1. The average molecular weight is 411 g/mol. The monoisotopic (exact) mass is 410 g/mol. The van der Waals surface area contributed by atoms with E-state index in [0.717, 1.165) is 27.2 Å². The summed E-state index contributed by atoms with van der Waals surface area (Å²) in [5.41, 5.74) is 3.85. The van der Waals surface area contributed by atoms with Crippen LogP contribution in [0.25, 0.3) is 0 Å². The van der Waals surface area contributed by atoms with Crippen molar-refractivity contribution >= 4 is 27.3 Å². The Morgan fingerprint density at radius 2 is 1.69 bits per heavy atom. The molecule has 0 fully saturated rings. The number of halogens is 1. The second-order valence-electron chi connectivity index (χ2n) is 6.26. The first-order chi connectivity index (χ1) is 12.6. The van der Waals surface area contributed by atoms with Gasteiger partial charge in [-0.25, -0.2) is 0 Å². The molecule has 3 aromatic rings. The number of benzene rings is 1. The summed E-state index contributed by atoms with van der Waals surface area (Å²) in [7, 11) is 1.70. The van der Waals surface area contributed by atoms with Crippen molar-refractivity contribution in [3.8, 4) is 0 Å². The SMILES string of the molecule is COC1(C)Nc2ccc(Br)cc2N1C(c1ccccn1)c1ccccn1. The van der Waals surface area contributed by atoms with E-state index in [1.165, 1.54) is 0 Å². The molecule has 1 unspecified atom stereocenters. The number of aromatic nitrogens is 2. The number of nitrogens with zero attached hydrogens (tertiary/aromatic N) is 3. The van der Waals surface area contributed by atoms with Crippen LogP contribution in [0.1, 0.15) is 24.4 Å². The van der Waals surface area contributed by atoms with Gasteiger partial charge in [0.1, 0.15) is 6.04 Å². The Morgan fingerprint density at radius 1 is 1.04 bits per heavy atom. The number of nitrogens with one attached hydrogen (secondary N) is 1. The van der Waals surface area contributed by atoms with Gasteiger partial charge in [0.2, 0.25) is 5.85 Å². The predicted octanol–water partition coefficient (Wildman–Crippen LogP) is 4.58. The minimum Gasteiger partial charge on any atom is -0.342 e. The van der Waals surface area contributed by atoms with E-state index < -0.39 is 5.85 Å². The molecular weight excluding hydrogens is 392 g/mol. The van der Waals surface area contributed by atoms with Crippen LogP contribution in [0.15, 0.2) is 71.5 Å². The Morgan fingerprint density at radius 3 is 2.23 bits per heavy atom. The van der Waals surface area contributed by atoms with E-state index in [2.05, 4.69) is 42.2 Å². The summed E-state index contributed by atoms with van der Waals surface area (Å²) >= 11 is 3.59. The zero-order valence-corrected chi connectivity index (χ0v) is 16.1. The van der Waals surface area contributed by atoms with E-state index in [1.807, 2.05) is 55.5 Å². The number of pyridine rings is 2. The van der Waals surface area contributed by atoms with Crippen molar-refractivity contribution in [2.24, 2.45) is 0 Å². The van der Waals surface area contributed by atoms with Crippen LogP contribution in [-0.2, 0) is 4.74 Å². The molecule has 5 nitrogen and oxygen atoms in total. The van der Waals surface area contributed by atoms with Gasteiger partial charge >= 0.3 is 0 Å². The van der Waals surface area contributed by atoms with Crippen molar-refractivity contribution in [3.05, 3.63) is 82.9 Å². The Balaban J connectivity index is 1.94. The van der Waals surface area contributed by atoms with Crippen LogP contribution in [0.4, 0.5) is 11.4 Å². The molecule has 0 amide bonds. The molecule has 4 rings (SSSR count). The quantitative estimate of drug-likeness (QED) is 0.681. The molecule has 6 heteroatoms. The summed E-state index contributed by atoms with van der Waals surface area (Å²) in [6, 6.07) is 17.8. The summed E-state index contributed by atoms with van der Waals surface area (Å²) in [6.07, 6.45) is 3.61. The number of rotatable bonds is 4. The van der Waals surface area contributed by atoms with Gasteiger partial charge in [-0.1, -0.05) is 28.1 Å². The summed E-state index contributed by atoms with van der Waals surface area (Å²) < 4.78 is 6.91. The van der Waals surface area contributed by atoms with Crippen LogP contribution in [-0.4, -0.2) is 22.9 Å². The summed E-state index contributed by atoms with van der Waals surface area (Å²) in [5.74, 6) is -0.733. The molecule has 1 aliphatic heterocycles. The highest BCUT2D eigenvalue weighted by Crippen LogP contribution is 2.47. The van der Waals surface area contributed by atoms with Gasteiger partial charge in [-0.05, 0) is 42.5 Å². The Hall–Kier alpha value is -2.44. The number of ether oxygens (including phenoxy) is 1. The smallest absolute Gasteiger partial charge is 0.216 e. The van der Waals surface area contributed by atoms with Crippen LogP contribution in [0, 0.1) is 0 Å². The highest BCUT2D eigenvalue weighted by Gasteiger charge is 2.45. The molecule has 0 radical (unpaired) electrons. The Kier molecular flexibility index (Phi) is 4.38. The lowest BCUT2D eigenvalue weighted by Crippen LogP contribution is -2.52. The molecule has 3 heterocycles. The van der Waals surface area contributed by atoms with E-state index in [-0.39, 0.29) is 6.04 Å². The fourth-order valence-electron chi connectivity index (χ4n) is 3.38. The van der Waals surface area contributed by atoms with Crippen LogP contribution in [0.2, 0.25) is 0 Å². The molecule has 0 aliphatic carbocycles. The van der Waals surface area contributed by atoms with Gasteiger partial charge in [-0.15, -0.1) is 0 Å². The van der Waals surface area contributed by atoms with E-state index in [4.69, 9.17) is 4.74 Å². The van der Waals surface area contributed by atoms with Crippen LogP contribution < -0.4 is 10.2 Å². The first-order valence-electron chi connectivity index (χ1n) is 8.36. The normalized spacial score (nSPS) is 18.7. The molecule has 0 saturated heterocycles. The highest BCUT2D eigenvalue weighted by atomic mass is 79.9. The number of fused-ring (bicyclic) bond motifs is 1. The van der Waals surface area contributed by atoms with E-state index >= 15 is 0 Å². The average Bonchev–Trinajstić information content (AvgIpc) is 2.96. The van der Waals surface area contributed by atoms with E-state index in [9.17, 15) is 0 Å². The maximum absolute atomic E-state index is 5.90. The van der Waals surface area contributed by atoms with Gasteiger partial charge in [-0.2, -0.15) is 0 Å². The second kappa shape index (κ2) is 6.70. The van der Waals surface area contributed by atoms with Gasteiger partial charge < -0.3 is 15.0 Å². The third-order valence-electron chi connectivity index (χ3n) is 4.64. The van der Waals surface area contributed by atoms with Crippen molar-refractivity contribution in [1.82, 2.24) is 9.97 Å². The molecule has 1 aromatic carbocycles. The lowest BCUT2D eigenvalue weighted by molar-refractivity contribution is 0.0280. The van der Waals surface area contributed by atoms with Crippen LogP contribution in [0.5, 0.6) is 0 Å². The largest absolute Gasteiger partial charge is 0.342 e. The van der Waals surface area contributed by atoms with Gasteiger partial charge in [0.25, 0.3) is 0 Å². The molecule has 0 spiro atoms. The molecular formula is C20H19BrN4O. The Bertz CT molecular complexity index is 867. The topological polar surface area (TPSA) is 50.3 Å². The van der Waals surface area contributed by atoms with Crippen molar-refractivity contribution in [2.45, 2.75) is 18.8 Å². The summed E-state index contributed by atoms with van der Waals surface area (Å²) in [4.78, 5) is 11.4. The van der Waals surface area contributed by atoms with Gasteiger partial charge in [0.05, 0.1) is 22.8 Å². The zero-order valence-electron chi connectivity index (χ0n) is 14.6. The lowest BCUT2D eigenvalue weighted by atomic mass is 10.0. The lowest BCUT2D eigenvalue weighted by Gasteiger charge is -2.40. The number of hydrogen-bond acceptors (Lipinski definition) is 5. The van der Waals surface area contributed by atoms with Gasteiger partial charge in [0.15, 0.2) is 0 Å². The van der Waals surface area contributed by atoms with Crippen molar-refractivity contribution in [1.29, 1.82) is 0 Å². The molecule has 2 aromatic heterocycles. The molecule has 132 valence electrons. The van der Waals surface area contributed by atoms with Gasteiger partial charge in [0, 0.05) is 30.9 Å². The third-order valence-corrected chi connectivity index (χ3v) is 5.13. The zero-order chi connectivity index (χ0) is 18.1. The summed E-state index contributed by atoms with van der Waals surface area (Å²) in [5, 5.41) is 3.49. The first kappa shape index (κ1) is 17.0. The second-order valence-corrected chi connectivity index (χ2v) is 7.17. The molecule has 1 N–H and O–H groups in total. The number of anilines is 2. The van der Waals surface area contributed by atoms with Crippen LogP contribution in [0.3, 0.4) is 0 Å². The molecule has 0 saturated carbocycles. The highest BCUT2D eigenvalue weighted by molar-refractivity contribution is 9.10. The number of methoxy groups -OCH3 is 1. The molecule has 26 heavy (non-hydrogen) atoms. The van der Waals surface area contributed by atoms with Gasteiger partial charge in [-0.3, -0.25) is 9.97 Å². The van der Waals surface area contributed by atoms with E-state index in [1.54, 1.807) is 19.5 Å². The summed E-state index contributed by atoms with van der Waals surface area (Å²) in [6.45, 7) is 2.01. The van der Waals surface area contributed by atoms with Crippen molar-refractivity contribution in [2.75, 3.05) is 17.3 Å². The van der Waals surface area contributed by atoms with Crippen molar-refractivity contribution in [3.63, 3.8) is 0 Å². The minimum absolute atomic E-state index is 0.203. The Labute approximate surface area is 161 Å². The fraction of sp³-hybridized carbons (Fsp3) is 0.200. The van der Waals surface area contributed by atoms with Crippen LogP contribution >= 0.6 is 15.9 Å². The van der Waals surface area contributed by atoms with E-state index in [0.29, 0.717) is 0 Å². The molecule has 1 aliphatic rings. The first-order valence-corrected chi connectivity index (χ1v) is 9.16. The minimum atomic E-state index is -0.733.